The minimum atomic E-state index is -0.0990. The van der Waals surface area contributed by atoms with Crippen LogP contribution in [0.5, 0.6) is 0 Å². The van der Waals surface area contributed by atoms with E-state index in [0.717, 1.165) is 13.0 Å². The second-order valence-corrected chi connectivity index (χ2v) is 3.94. The van der Waals surface area contributed by atoms with E-state index in [9.17, 15) is 4.79 Å². The van der Waals surface area contributed by atoms with Gasteiger partial charge >= 0.3 is 0 Å². The van der Waals surface area contributed by atoms with E-state index in [1.54, 1.807) is 11.0 Å². The van der Waals surface area contributed by atoms with Crippen LogP contribution in [0, 0.1) is 0 Å². The van der Waals surface area contributed by atoms with Crippen LogP contribution >= 0.6 is 0 Å². The molecule has 0 radical (unpaired) electrons. The highest BCUT2D eigenvalue weighted by atomic mass is 16.2. The summed E-state index contributed by atoms with van der Waals surface area (Å²) in [7, 11) is 0. The van der Waals surface area contributed by atoms with Gasteiger partial charge < -0.3 is 4.90 Å². The minimum Gasteiger partial charge on any atom is -0.338 e. The molecule has 1 unspecified atom stereocenters. The Morgan fingerprint density at radius 3 is 2.86 bits per heavy atom. The zero-order valence-corrected chi connectivity index (χ0v) is 7.83. The molecule has 1 aliphatic heterocycles. The van der Waals surface area contributed by atoms with Gasteiger partial charge in [-0.1, -0.05) is 0 Å². The van der Waals surface area contributed by atoms with Crippen molar-refractivity contribution in [3.05, 3.63) is 12.7 Å². The highest BCUT2D eigenvalue weighted by Gasteiger charge is 2.41. The van der Waals surface area contributed by atoms with Crippen molar-refractivity contribution in [2.24, 2.45) is 0 Å². The molecule has 3 rings (SSSR count). The van der Waals surface area contributed by atoms with Crippen LogP contribution in [-0.2, 0) is 4.79 Å². The number of hydrogen-bond donors (Lipinski definition) is 0. The molecule has 2 aliphatic rings. The Balaban J connectivity index is 1.80. The van der Waals surface area contributed by atoms with Crippen LogP contribution in [0.15, 0.2) is 12.7 Å². The molecular weight excluding hydrogens is 180 g/mol. The van der Waals surface area contributed by atoms with Crippen molar-refractivity contribution in [1.29, 1.82) is 0 Å². The molecule has 74 valence electrons. The average Bonchev–Trinajstić information content (AvgIpc) is 2.76. The van der Waals surface area contributed by atoms with Gasteiger partial charge in [0.15, 0.2) is 0 Å². The third-order valence-electron chi connectivity index (χ3n) is 2.96. The van der Waals surface area contributed by atoms with Gasteiger partial charge in [0.1, 0.15) is 18.7 Å². The monoisotopic (exact) mass is 192 g/mol. The zero-order chi connectivity index (χ0) is 9.54. The Labute approximate surface area is 81.7 Å². The van der Waals surface area contributed by atoms with E-state index in [4.69, 9.17) is 0 Å². The quantitative estimate of drug-likeness (QED) is 0.673. The molecule has 5 nitrogen and oxygen atoms in total. The molecular formula is C9H12N4O. The normalized spacial score (nSPS) is 27.3. The van der Waals surface area contributed by atoms with Gasteiger partial charge in [0, 0.05) is 12.6 Å². The Bertz CT molecular complexity index is 344. The number of aromatic nitrogens is 3. The molecule has 1 saturated carbocycles. The first-order valence-electron chi connectivity index (χ1n) is 5.01. The van der Waals surface area contributed by atoms with Gasteiger partial charge in [-0.25, -0.2) is 9.67 Å². The molecule has 0 N–H and O–H groups in total. The molecule has 5 heteroatoms. The lowest BCUT2D eigenvalue weighted by atomic mass is 10.2. The zero-order valence-electron chi connectivity index (χ0n) is 7.83. The van der Waals surface area contributed by atoms with E-state index < -0.39 is 0 Å². The molecule has 0 bridgehead atoms. The number of carbonyl (C=O) groups is 1. The molecule has 1 aromatic heterocycles. The summed E-state index contributed by atoms with van der Waals surface area (Å²) in [5.41, 5.74) is 0. The van der Waals surface area contributed by atoms with Gasteiger partial charge in [0.25, 0.3) is 0 Å². The number of hydrogen-bond acceptors (Lipinski definition) is 3. The SMILES string of the molecule is O=C1C(n2cncn2)CCN1C1CC1. The summed E-state index contributed by atoms with van der Waals surface area (Å²) in [6.45, 7) is 0.883. The molecule has 1 atom stereocenters. The van der Waals surface area contributed by atoms with E-state index in [-0.39, 0.29) is 11.9 Å². The lowest BCUT2D eigenvalue weighted by Gasteiger charge is -2.15. The topological polar surface area (TPSA) is 51.0 Å². The summed E-state index contributed by atoms with van der Waals surface area (Å²) in [5, 5.41) is 4.02. The maximum absolute atomic E-state index is 11.9. The molecule has 1 amide bonds. The van der Waals surface area contributed by atoms with Gasteiger partial charge in [0.2, 0.25) is 5.91 Å². The van der Waals surface area contributed by atoms with Crippen LogP contribution in [0.2, 0.25) is 0 Å². The van der Waals surface area contributed by atoms with Crippen LogP contribution in [0.4, 0.5) is 0 Å². The fourth-order valence-electron chi connectivity index (χ4n) is 2.06. The predicted octanol–water partition coefficient (Wildman–Crippen LogP) is 0.214. The van der Waals surface area contributed by atoms with E-state index >= 15 is 0 Å². The predicted molar refractivity (Wildman–Crippen MR) is 48.4 cm³/mol. The second-order valence-electron chi connectivity index (χ2n) is 3.94. The number of nitrogens with zero attached hydrogens (tertiary/aromatic N) is 4. The van der Waals surface area contributed by atoms with Crippen LogP contribution in [0.25, 0.3) is 0 Å². The summed E-state index contributed by atoms with van der Waals surface area (Å²) >= 11 is 0. The first kappa shape index (κ1) is 7.96. The van der Waals surface area contributed by atoms with Gasteiger partial charge in [-0.05, 0) is 19.3 Å². The molecule has 2 heterocycles. The average molecular weight is 192 g/mol. The van der Waals surface area contributed by atoms with Crippen LogP contribution in [-0.4, -0.2) is 38.2 Å². The molecule has 2 fully saturated rings. The number of carbonyl (C=O) groups excluding carboxylic acids is 1. The molecule has 14 heavy (non-hydrogen) atoms. The first-order chi connectivity index (χ1) is 6.86. The van der Waals surface area contributed by atoms with Crippen LogP contribution in [0.1, 0.15) is 25.3 Å². The van der Waals surface area contributed by atoms with Crippen LogP contribution < -0.4 is 0 Å². The Kier molecular flexibility index (Phi) is 1.59. The van der Waals surface area contributed by atoms with E-state index in [0.29, 0.717) is 6.04 Å². The highest BCUT2D eigenvalue weighted by molar-refractivity contribution is 5.82. The van der Waals surface area contributed by atoms with Gasteiger partial charge in [-0.2, -0.15) is 5.10 Å². The van der Waals surface area contributed by atoms with E-state index in [2.05, 4.69) is 10.1 Å². The summed E-state index contributed by atoms with van der Waals surface area (Å²) in [6.07, 6.45) is 6.33. The minimum absolute atomic E-state index is 0.0990. The number of likely N-dealkylation sites (tertiary alicyclic amines) is 1. The van der Waals surface area contributed by atoms with Crippen molar-refractivity contribution in [2.75, 3.05) is 6.54 Å². The summed E-state index contributed by atoms with van der Waals surface area (Å²) in [4.78, 5) is 17.8. The smallest absolute Gasteiger partial charge is 0.247 e. The van der Waals surface area contributed by atoms with Crippen molar-refractivity contribution in [1.82, 2.24) is 19.7 Å². The third-order valence-corrected chi connectivity index (χ3v) is 2.96. The lowest BCUT2D eigenvalue weighted by molar-refractivity contribution is -0.131. The molecule has 1 aliphatic carbocycles. The first-order valence-corrected chi connectivity index (χ1v) is 5.01. The van der Waals surface area contributed by atoms with Gasteiger partial charge in [-0.3, -0.25) is 4.79 Å². The van der Waals surface area contributed by atoms with Crippen molar-refractivity contribution in [3.63, 3.8) is 0 Å². The van der Waals surface area contributed by atoms with E-state index in [1.807, 2.05) is 4.90 Å². The number of rotatable bonds is 2. The van der Waals surface area contributed by atoms with Crippen molar-refractivity contribution >= 4 is 5.91 Å². The summed E-state index contributed by atoms with van der Waals surface area (Å²) in [6, 6.07) is 0.425. The molecule has 0 aromatic carbocycles. The molecule has 0 spiro atoms. The molecule has 1 aromatic rings. The Morgan fingerprint density at radius 1 is 1.36 bits per heavy atom. The van der Waals surface area contributed by atoms with Crippen molar-refractivity contribution in [3.8, 4) is 0 Å². The second kappa shape index (κ2) is 2.80. The van der Waals surface area contributed by atoms with Crippen molar-refractivity contribution < 1.29 is 4.79 Å². The fraction of sp³-hybridized carbons (Fsp3) is 0.667. The van der Waals surface area contributed by atoms with Gasteiger partial charge in [0.05, 0.1) is 0 Å². The highest BCUT2D eigenvalue weighted by Crippen LogP contribution is 2.33. The lowest BCUT2D eigenvalue weighted by Crippen LogP contribution is -2.30. The summed E-state index contributed by atoms with van der Waals surface area (Å²) in [5.74, 6) is 0.220. The van der Waals surface area contributed by atoms with Crippen LogP contribution in [0.3, 0.4) is 0 Å². The van der Waals surface area contributed by atoms with E-state index in [1.165, 1.54) is 19.2 Å². The standard InChI is InChI=1S/C9H12N4O/c14-9-8(13-6-10-5-11-13)3-4-12(9)7-1-2-7/h5-8H,1-4H2. The fourth-order valence-corrected chi connectivity index (χ4v) is 2.06. The Morgan fingerprint density at radius 2 is 2.21 bits per heavy atom. The number of amides is 1. The van der Waals surface area contributed by atoms with Crippen molar-refractivity contribution in [2.45, 2.75) is 31.3 Å². The summed E-state index contributed by atoms with van der Waals surface area (Å²) < 4.78 is 1.67. The maximum atomic E-state index is 11.9. The molecule has 1 saturated heterocycles. The largest absolute Gasteiger partial charge is 0.338 e. The third kappa shape index (κ3) is 1.12. The maximum Gasteiger partial charge on any atom is 0.247 e. The Hall–Kier alpha value is -1.39. The van der Waals surface area contributed by atoms with Gasteiger partial charge in [-0.15, -0.1) is 0 Å².